The monoisotopic (exact) mass is 258 g/mol. The summed E-state index contributed by atoms with van der Waals surface area (Å²) in [6.45, 7) is 1.73. The normalized spacial score (nSPS) is 9.90. The first kappa shape index (κ1) is 12.8. The molecule has 1 amide bonds. The van der Waals surface area contributed by atoms with Crippen LogP contribution in [0.4, 0.5) is 0 Å². The highest BCUT2D eigenvalue weighted by atomic mass is 127. The molecule has 0 aromatic heterocycles. The van der Waals surface area contributed by atoms with Gasteiger partial charge >= 0.3 is 0 Å². The first-order valence-electron chi connectivity index (χ1n) is 3.04. The summed E-state index contributed by atoms with van der Waals surface area (Å²) in [6.07, 6.45) is 0.732. The van der Waals surface area contributed by atoms with Gasteiger partial charge in [0.25, 0.3) is 0 Å². The fraction of sp³-hybridized carbons (Fsp3) is 0.833. The summed E-state index contributed by atoms with van der Waals surface area (Å²) in [6, 6.07) is 0. The summed E-state index contributed by atoms with van der Waals surface area (Å²) < 4.78 is 0.890. The minimum atomic E-state index is 0. The molecule has 0 aliphatic carbocycles. The second-order valence-corrected chi connectivity index (χ2v) is 3.09. The number of hydrogen-bond acceptors (Lipinski definition) is 1. The molecule has 0 saturated carbocycles. The molecule has 0 radical (unpaired) electrons. The van der Waals surface area contributed by atoms with Gasteiger partial charge in [-0.3, -0.25) is 4.79 Å². The van der Waals surface area contributed by atoms with Crippen molar-refractivity contribution in [1.29, 1.82) is 0 Å². The zero-order chi connectivity index (χ0) is 7.33. The lowest BCUT2D eigenvalue weighted by Crippen LogP contribution is -3.00. The lowest BCUT2D eigenvalue weighted by molar-refractivity contribution is -0.869. The van der Waals surface area contributed by atoms with Crippen LogP contribution < -0.4 is 29.3 Å². The maximum absolute atomic E-state index is 9.77. The third-order valence-corrected chi connectivity index (χ3v) is 1.01. The van der Waals surface area contributed by atoms with Gasteiger partial charge in [-0.1, -0.05) is 0 Å². The molecule has 1 N–H and O–H groups in total. The molecule has 0 rings (SSSR count). The van der Waals surface area contributed by atoms with Gasteiger partial charge in [-0.25, -0.2) is 0 Å². The van der Waals surface area contributed by atoms with E-state index >= 15 is 0 Å². The van der Waals surface area contributed by atoms with Gasteiger partial charge < -0.3 is 33.8 Å². The summed E-state index contributed by atoms with van der Waals surface area (Å²) >= 11 is 0. The Labute approximate surface area is 79.4 Å². The Hall–Kier alpha value is 0.160. The van der Waals surface area contributed by atoms with Crippen molar-refractivity contribution in [2.75, 3.05) is 34.2 Å². The average molecular weight is 258 g/mol. The molecule has 10 heavy (non-hydrogen) atoms. The molecule has 0 fully saturated rings. The van der Waals surface area contributed by atoms with E-state index in [1.54, 1.807) is 0 Å². The van der Waals surface area contributed by atoms with Gasteiger partial charge in [0.1, 0.15) is 0 Å². The topological polar surface area (TPSA) is 29.1 Å². The number of likely N-dealkylation sites (N-methyl/N-ethyl adjacent to an activating group) is 1. The average Bonchev–Trinajstić information content (AvgIpc) is 1.63. The molecule has 4 heteroatoms. The number of halogens is 1. The van der Waals surface area contributed by atoms with Crippen LogP contribution in [0, 0.1) is 0 Å². The van der Waals surface area contributed by atoms with E-state index < -0.39 is 0 Å². The summed E-state index contributed by atoms with van der Waals surface area (Å²) in [4.78, 5) is 9.77. The number of nitrogens with one attached hydrogen (secondary N) is 1. The van der Waals surface area contributed by atoms with E-state index in [4.69, 9.17) is 0 Å². The van der Waals surface area contributed by atoms with Crippen molar-refractivity contribution >= 4 is 6.41 Å². The minimum Gasteiger partial charge on any atom is -1.00 e. The SMILES string of the molecule is C[N+](C)(C)CCNC=O.[I-]. The smallest absolute Gasteiger partial charge is 0.207 e. The van der Waals surface area contributed by atoms with E-state index in [0.717, 1.165) is 24.0 Å². The molecule has 0 saturated heterocycles. The number of carbonyl (C=O) groups is 1. The Morgan fingerprint density at radius 3 is 2.20 bits per heavy atom. The Kier molecular flexibility index (Phi) is 7.56. The first-order chi connectivity index (χ1) is 4.06. The van der Waals surface area contributed by atoms with Crippen molar-refractivity contribution in [2.45, 2.75) is 0 Å². The van der Waals surface area contributed by atoms with Crippen molar-refractivity contribution in [3.63, 3.8) is 0 Å². The van der Waals surface area contributed by atoms with Crippen LogP contribution in [0.1, 0.15) is 0 Å². The predicted molar refractivity (Wildman–Crippen MR) is 37.0 cm³/mol. The Balaban J connectivity index is 0. The number of nitrogens with zero attached hydrogens (tertiary/aromatic N) is 1. The number of hydrogen-bond donors (Lipinski definition) is 1. The molecule has 0 spiro atoms. The molecular weight excluding hydrogens is 243 g/mol. The largest absolute Gasteiger partial charge is 1.00 e. The number of carbonyl (C=O) groups excluding carboxylic acids is 1. The molecule has 0 atom stereocenters. The summed E-state index contributed by atoms with van der Waals surface area (Å²) in [5.41, 5.74) is 0. The number of rotatable bonds is 4. The van der Waals surface area contributed by atoms with Crippen molar-refractivity contribution in [1.82, 2.24) is 5.32 Å². The van der Waals surface area contributed by atoms with E-state index in [1.807, 2.05) is 0 Å². The van der Waals surface area contributed by atoms with Gasteiger partial charge in [0.15, 0.2) is 0 Å². The Bertz CT molecular complexity index is 90.2. The second kappa shape index (κ2) is 5.91. The summed E-state index contributed by atoms with van der Waals surface area (Å²) in [5, 5.41) is 2.61. The fourth-order valence-electron chi connectivity index (χ4n) is 0.459. The zero-order valence-corrected chi connectivity index (χ0v) is 8.88. The fourth-order valence-corrected chi connectivity index (χ4v) is 0.459. The highest BCUT2D eigenvalue weighted by molar-refractivity contribution is 5.45. The maximum Gasteiger partial charge on any atom is 0.207 e. The van der Waals surface area contributed by atoms with Gasteiger partial charge in [0, 0.05) is 0 Å². The van der Waals surface area contributed by atoms with Gasteiger partial charge in [-0.05, 0) is 0 Å². The van der Waals surface area contributed by atoms with Gasteiger partial charge in [-0.15, -0.1) is 0 Å². The van der Waals surface area contributed by atoms with Crippen LogP contribution in [0.3, 0.4) is 0 Å². The van der Waals surface area contributed by atoms with Gasteiger partial charge in [0.05, 0.1) is 34.2 Å². The Morgan fingerprint density at radius 2 is 1.90 bits per heavy atom. The van der Waals surface area contributed by atoms with Crippen molar-refractivity contribution in [3.8, 4) is 0 Å². The molecule has 0 aliphatic heterocycles. The van der Waals surface area contributed by atoms with Crippen LogP contribution >= 0.6 is 0 Å². The molecular formula is C6H15IN2O. The molecule has 62 valence electrons. The van der Waals surface area contributed by atoms with Crippen LogP contribution in [0.5, 0.6) is 0 Å². The second-order valence-electron chi connectivity index (χ2n) is 3.09. The van der Waals surface area contributed by atoms with E-state index in [0.29, 0.717) is 0 Å². The minimum absolute atomic E-state index is 0. The molecule has 3 nitrogen and oxygen atoms in total. The molecule has 0 heterocycles. The highest BCUT2D eigenvalue weighted by Crippen LogP contribution is 1.85. The lowest BCUT2D eigenvalue weighted by atomic mass is 10.5. The van der Waals surface area contributed by atoms with Crippen LogP contribution in [-0.4, -0.2) is 45.1 Å². The predicted octanol–water partition coefficient (Wildman–Crippen LogP) is -3.56. The van der Waals surface area contributed by atoms with Crippen LogP contribution in [0.2, 0.25) is 0 Å². The molecule has 0 aromatic carbocycles. The van der Waals surface area contributed by atoms with Crippen molar-refractivity contribution in [2.24, 2.45) is 0 Å². The van der Waals surface area contributed by atoms with E-state index in [9.17, 15) is 4.79 Å². The summed E-state index contributed by atoms with van der Waals surface area (Å²) in [7, 11) is 6.27. The van der Waals surface area contributed by atoms with Crippen LogP contribution in [0.15, 0.2) is 0 Å². The van der Waals surface area contributed by atoms with Gasteiger partial charge in [0.2, 0.25) is 6.41 Å². The van der Waals surface area contributed by atoms with E-state index in [2.05, 4.69) is 26.5 Å². The third kappa shape index (κ3) is 11.0. The van der Waals surface area contributed by atoms with E-state index in [-0.39, 0.29) is 24.0 Å². The quantitative estimate of drug-likeness (QED) is 0.240. The van der Waals surface area contributed by atoms with E-state index in [1.165, 1.54) is 0 Å². The first-order valence-corrected chi connectivity index (χ1v) is 3.04. The highest BCUT2D eigenvalue weighted by Gasteiger charge is 2.03. The molecule has 0 aliphatic rings. The van der Waals surface area contributed by atoms with Crippen LogP contribution in [0.25, 0.3) is 0 Å². The van der Waals surface area contributed by atoms with Crippen LogP contribution in [-0.2, 0) is 4.79 Å². The van der Waals surface area contributed by atoms with Gasteiger partial charge in [-0.2, -0.15) is 0 Å². The zero-order valence-electron chi connectivity index (χ0n) is 6.72. The molecule has 0 bridgehead atoms. The third-order valence-electron chi connectivity index (χ3n) is 1.01. The summed E-state index contributed by atoms with van der Waals surface area (Å²) in [5.74, 6) is 0. The number of amides is 1. The Morgan fingerprint density at radius 1 is 1.40 bits per heavy atom. The molecule has 0 aromatic rings. The maximum atomic E-state index is 9.77. The lowest BCUT2D eigenvalue weighted by Gasteiger charge is -2.23. The molecule has 0 unspecified atom stereocenters. The van der Waals surface area contributed by atoms with Crippen molar-refractivity contribution < 1.29 is 33.3 Å². The number of quaternary nitrogens is 1. The standard InChI is InChI=1S/C6H14N2O.HI/c1-8(2,3)5-4-7-6-9;/h6H,4-5H2,1-3H3;1H. The van der Waals surface area contributed by atoms with Crippen molar-refractivity contribution in [3.05, 3.63) is 0 Å².